The van der Waals surface area contributed by atoms with Crippen LogP contribution in [0.15, 0.2) is 27.5 Å². The largest absolute Gasteiger partial charge is 0.377 e. The van der Waals surface area contributed by atoms with Gasteiger partial charge in [0.25, 0.3) is 0 Å². The number of ketones is 1. The summed E-state index contributed by atoms with van der Waals surface area (Å²) in [6.07, 6.45) is 3.35. The number of hydrogen-bond acceptors (Lipinski definition) is 6. The molecule has 2 aromatic rings. The molecule has 0 fully saturated rings. The number of methoxy groups -OCH3 is 1. The van der Waals surface area contributed by atoms with E-state index >= 15 is 0 Å². The minimum Gasteiger partial charge on any atom is -0.377 e. The lowest BCUT2D eigenvalue weighted by molar-refractivity contribution is -0.122. The highest BCUT2D eigenvalue weighted by molar-refractivity contribution is 9.10. The van der Waals surface area contributed by atoms with Crippen LogP contribution in [-0.2, 0) is 16.0 Å². The van der Waals surface area contributed by atoms with Gasteiger partial charge in [-0.25, -0.2) is 0 Å². The van der Waals surface area contributed by atoms with Crippen LogP contribution in [0.3, 0.4) is 0 Å². The van der Waals surface area contributed by atoms with Crippen LogP contribution in [-0.4, -0.2) is 34.6 Å². The number of carbonyl (C=O) groups is 1. The topological polar surface area (TPSA) is 78.1 Å². The monoisotopic (exact) mass is 311 g/mol. The Balaban J connectivity index is 2.13. The van der Waals surface area contributed by atoms with Crippen molar-refractivity contribution in [3.8, 4) is 11.4 Å². The van der Waals surface area contributed by atoms with Gasteiger partial charge in [-0.15, -0.1) is 0 Å². The normalized spacial score (nSPS) is 10.6. The molecule has 0 radical (unpaired) electrons. The molecule has 2 rings (SSSR count). The number of pyridine rings is 1. The molecule has 94 valence electrons. The van der Waals surface area contributed by atoms with Crippen LogP contribution in [0.5, 0.6) is 0 Å². The van der Waals surface area contributed by atoms with Gasteiger partial charge in [-0.3, -0.25) is 9.78 Å². The Kier molecular flexibility index (Phi) is 4.16. The summed E-state index contributed by atoms with van der Waals surface area (Å²) in [7, 11) is 1.46. The van der Waals surface area contributed by atoms with E-state index in [0.29, 0.717) is 5.82 Å². The predicted octanol–water partition coefficient (Wildman–Crippen LogP) is 1.65. The van der Waals surface area contributed by atoms with Gasteiger partial charge in [0.1, 0.15) is 6.61 Å². The molecule has 6 nitrogen and oxygen atoms in total. The molecule has 0 unspecified atom stereocenters. The van der Waals surface area contributed by atoms with Gasteiger partial charge in [0.2, 0.25) is 11.7 Å². The third kappa shape index (κ3) is 3.21. The molecule has 0 N–H and O–H groups in total. The quantitative estimate of drug-likeness (QED) is 0.835. The van der Waals surface area contributed by atoms with E-state index in [1.54, 1.807) is 12.4 Å². The predicted molar refractivity (Wildman–Crippen MR) is 65.8 cm³/mol. The van der Waals surface area contributed by atoms with E-state index in [4.69, 9.17) is 9.26 Å². The van der Waals surface area contributed by atoms with Crippen LogP contribution in [0.4, 0.5) is 0 Å². The van der Waals surface area contributed by atoms with Crippen molar-refractivity contribution < 1.29 is 14.1 Å². The first-order valence-electron chi connectivity index (χ1n) is 5.13. The second-order valence-corrected chi connectivity index (χ2v) is 4.47. The number of aromatic nitrogens is 3. The second-order valence-electron chi connectivity index (χ2n) is 3.55. The molecule has 0 aliphatic heterocycles. The SMILES string of the molecule is COCC(=O)Cc1nc(-c2cncc(Br)c2)no1. The minimum atomic E-state index is -0.111. The summed E-state index contributed by atoms with van der Waals surface area (Å²) in [6.45, 7) is 0.0379. The molecule has 2 heterocycles. The van der Waals surface area contributed by atoms with Crippen LogP contribution >= 0.6 is 15.9 Å². The molecular formula is C11H10BrN3O3. The van der Waals surface area contributed by atoms with Crippen molar-refractivity contribution in [2.45, 2.75) is 6.42 Å². The minimum absolute atomic E-state index is 0.0379. The van der Waals surface area contributed by atoms with Gasteiger partial charge < -0.3 is 9.26 Å². The number of carbonyl (C=O) groups excluding carboxylic acids is 1. The van der Waals surface area contributed by atoms with Crippen LogP contribution in [0.1, 0.15) is 5.89 Å². The molecule has 0 saturated carbocycles. The molecule has 0 atom stereocenters. The Morgan fingerprint density at radius 3 is 3.06 bits per heavy atom. The molecule has 0 saturated heterocycles. The molecule has 18 heavy (non-hydrogen) atoms. The van der Waals surface area contributed by atoms with Gasteiger partial charge in [0.05, 0.1) is 6.42 Å². The van der Waals surface area contributed by atoms with E-state index in [0.717, 1.165) is 10.0 Å². The van der Waals surface area contributed by atoms with Crippen LogP contribution in [0.2, 0.25) is 0 Å². The zero-order valence-electron chi connectivity index (χ0n) is 9.59. The summed E-state index contributed by atoms with van der Waals surface area (Å²) < 4.78 is 10.5. The van der Waals surface area contributed by atoms with Crippen molar-refractivity contribution in [2.24, 2.45) is 0 Å². The van der Waals surface area contributed by atoms with Crippen molar-refractivity contribution in [3.05, 3.63) is 28.8 Å². The maximum atomic E-state index is 11.3. The Bertz CT molecular complexity index is 556. The molecule has 0 amide bonds. The fraction of sp³-hybridized carbons (Fsp3) is 0.273. The Morgan fingerprint density at radius 2 is 2.33 bits per heavy atom. The van der Waals surface area contributed by atoms with Gasteiger partial charge >= 0.3 is 0 Å². The average molecular weight is 312 g/mol. The van der Waals surface area contributed by atoms with Crippen molar-refractivity contribution in [3.63, 3.8) is 0 Å². The summed E-state index contributed by atoms with van der Waals surface area (Å²) >= 11 is 3.31. The number of hydrogen-bond donors (Lipinski definition) is 0. The van der Waals surface area contributed by atoms with E-state index in [9.17, 15) is 4.79 Å². The lowest BCUT2D eigenvalue weighted by Crippen LogP contribution is -2.09. The number of rotatable bonds is 5. The average Bonchev–Trinajstić information content (AvgIpc) is 2.78. The molecule has 0 bridgehead atoms. The first-order valence-corrected chi connectivity index (χ1v) is 5.92. The lowest BCUT2D eigenvalue weighted by atomic mass is 10.2. The summed E-state index contributed by atoms with van der Waals surface area (Å²) in [5.74, 6) is 0.566. The highest BCUT2D eigenvalue weighted by Crippen LogP contribution is 2.18. The summed E-state index contributed by atoms with van der Waals surface area (Å²) in [6, 6.07) is 1.82. The maximum absolute atomic E-state index is 11.3. The maximum Gasteiger partial charge on any atom is 0.234 e. The van der Waals surface area contributed by atoms with Crippen LogP contribution in [0.25, 0.3) is 11.4 Å². The van der Waals surface area contributed by atoms with E-state index < -0.39 is 0 Å². The van der Waals surface area contributed by atoms with Crippen LogP contribution in [0, 0.1) is 0 Å². The fourth-order valence-corrected chi connectivity index (χ4v) is 1.72. The van der Waals surface area contributed by atoms with Gasteiger partial charge in [-0.2, -0.15) is 4.98 Å². The third-order valence-electron chi connectivity index (χ3n) is 2.08. The zero-order chi connectivity index (χ0) is 13.0. The van der Waals surface area contributed by atoms with Crippen molar-refractivity contribution >= 4 is 21.7 Å². The van der Waals surface area contributed by atoms with Gasteiger partial charge in [-0.1, -0.05) is 5.16 Å². The fourth-order valence-electron chi connectivity index (χ4n) is 1.36. The third-order valence-corrected chi connectivity index (χ3v) is 2.52. The Morgan fingerprint density at radius 1 is 1.50 bits per heavy atom. The molecule has 0 aliphatic rings. The number of halogens is 1. The molecule has 0 aromatic carbocycles. The first kappa shape index (κ1) is 12.8. The van der Waals surface area contributed by atoms with Gasteiger partial charge in [0.15, 0.2) is 5.78 Å². The summed E-state index contributed by atoms with van der Waals surface area (Å²) in [5.41, 5.74) is 0.721. The van der Waals surface area contributed by atoms with E-state index in [1.807, 2.05) is 6.07 Å². The zero-order valence-corrected chi connectivity index (χ0v) is 11.2. The van der Waals surface area contributed by atoms with E-state index in [-0.39, 0.29) is 24.7 Å². The first-order chi connectivity index (χ1) is 8.69. The molecular weight excluding hydrogens is 302 g/mol. The second kappa shape index (κ2) is 5.83. The lowest BCUT2D eigenvalue weighted by Gasteiger charge is -1.94. The molecule has 2 aromatic heterocycles. The molecule has 0 aliphatic carbocycles. The molecule has 7 heteroatoms. The highest BCUT2D eigenvalue weighted by atomic mass is 79.9. The van der Waals surface area contributed by atoms with Crippen molar-refractivity contribution in [1.29, 1.82) is 0 Å². The number of Topliss-reactive ketones (excluding diaryl/α,β-unsaturated/α-hetero) is 1. The summed E-state index contributed by atoms with van der Waals surface area (Å²) in [5, 5.41) is 3.80. The van der Waals surface area contributed by atoms with E-state index in [2.05, 4.69) is 31.1 Å². The van der Waals surface area contributed by atoms with E-state index in [1.165, 1.54) is 7.11 Å². The Hall–Kier alpha value is -1.60. The van der Waals surface area contributed by atoms with Gasteiger partial charge in [-0.05, 0) is 22.0 Å². The van der Waals surface area contributed by atoms with Crippen molar-refractivity contribution in [1.82, 2.24) is 15.1 Å². The van der Waals surface area contributed by atoms with Crippen LogP contribution < -0.4 is 0 Å². The summed E-state index contributed by atoms with van der Waals surface area (Å²) in [4.78, 5) is 19.5. The van der Waals surface area contributed by atoms with Crippen molar-refractivity contribution in [2.75, 3.05) is 13.7 Å². The molecule has 0 spiro atoms. The highest BCUT2D eigenvalue weighted by Gasteiger charge is 2.12. The number of nitrogens with zero attached hydrogens (tertiary/aromatic N) is 3. The standard InChI is InChI=1S/C11H10BrN3O3/c1-17-6-9(16)3-10-14-11(15-18-10)7-2-8(12)5-13-4-7/h2,4-5H,3,6H2,1H3. The number of ether oxygens (including phenoxy) is 1. The smallest absolute Gasteiger partial charge is 0.234 e. The van der Waals surface area contributed by atoms with Gasteiger partial charge in [0, 0.05) is 29.5 Å². The Labute approximate surface area is 111 Å².